The van der Waals surface area contributed by atoms with Gasteiger partial charge in [-0.25, -0.2) is 9.97 Å². The number of rotatable bonds is 11. The van der Waals surface area contributed by atoms with Crippen LogP contribution in [0.1, 0.15) is 53.5 Å². The number of pyridine rings is 2. The van der Waals surface area contributed by atoms with E-state index in [2.05, 4.69) is 32.3 Å². The number of fused-ring (bicyclic) bond motifs is 1. The lowest BCUT2D eigenvalue weighted by molar-refractivity contribution is -0.117. The zero-order valence-electron chi connectivity index (χ0n) is 20.8. The Morgan fingerprint density at radius 1 is 1.16 bits per heavy atom. The molecule has 1 aromatic carbocycles. The van der Waals surface area contributed by atoms with Gasteiger partial charge in [-0.3, -0.25) is 4.79 Å². The number of aldehydes is 1. The van der Waals surface area contributed by atoms with Crippen LogP contribution in [0.4, 0.5) is 11.5 Å². The molecule has 9 heteroatoms. The highest BCUT2D eigenvalue weighted by Gasteiger charge is 2.44. The van der Waals surface area contributed by atoms with Crippen molar-refractivity contribution in [3.63, 3.8) is 0 Å². The molecule has 8 nitrogen and oxygen atoms in total. The molecule has 0 saturated heterocycles. The third-order valence-electron chi connectivity index (χ3n) is 7.08. The van der Waals surface area contributed by atoms with E-state index in [4.69, 9.17) is 21.3 Å². The second-order valence-electron chi connectivity index (χ2n) is 9.99. The molecule has 2 aliphatic carbocycles. The Morgan fingerprint density at radius 2 is 2.05 bits per heavy atom. The summed E-state index contributed by atoms with van der Waals surface area (Å²) < 4.78 is 7.54. The SMILES string of the molecule is O=CCOCc1cc(C2CC2)cn2cc(CNc3ccnc(NC(=O)[C@H]4C[C@@H]4c4cccc(Cl)c4)c3)nc12. The Hall–Kier alpha value is -3.75. The summed E-state index contributed by atoms with van der Waals surface area (Å²) in [5.74, 6) is 1.19. The molecule has 3 aromatic heterocycles. The van der Waals surface area contributed by atoms with E-state index in [0.717, 1.165) is 40.9 Å². The van der Waals surface area contributed by atoms with Gasteiger partial charge in [0, 0.05) is 46.8 Å². The number of hydrogen-bond acceptors (Lipinski definition) is 6. The molecule has 38 heavy (non-hydrogen) atoms. The molecule has 194 valence electrons. The van der Waals surface area contributed by atoms with Gasteiger partial charge in [0.25, 0.3) is 0 Å². The highest BCUT2D eigenvalue weighted by atomic mass is 35.5. The summed E-state index contributed by atoms with van der Waals surface area (Å²) in [4.78, 5) is 32.6. The average Bonchev–Trinajstić information content (AvgIpc) is 3.84. The summed E-state index contributed by atoms with van der Waals surface area (Å²) in [7, 11) is 0. The molecular formula is C29H28ClN5O3. The van der Waals surface area contributed by atoms with E-state index in [0.29, 0.717) is 29.9 Å². The van der Waals surface area contributed by atoms with E-state index in [1.54, 1.807) is 6.20 Å². The van der Waals surface area contributed by atoms with Crippen molar-refractivity contribution in [2.45, 2.75) is 44.2 Å². The Balaban J connectivity index is 1.10. The quantitative estimate of drug-likeness (QED) is 0.201. The minimum Gasteiger partial charge on any atom is -0.379 e. The van der Waals surface area contributed by atoms with Gasteiger partial charge >= 0.3 is 0 Å². The summed E-state index contributed by atoms with van der Waals surface area (Å²) in [5.41, 5.74) is 5.89. The third kappa shape index (κ3) is 5.56. The molecule has 0 bridgehead atoms. The normalized spacial score (nSPS) is 18.3. The average molecular weight is 530 g/mol. The molecule has 3 heterocycles. The molecule has 2 fully saturated rings. The van der Waals surface area contributed by atoms with Gasteiger partial charge in [-0.1, -0.05) is 23.7 Å². The standard InChI is InChI=1S/C29H28ClN5O3/c30-22-3-1-2-19(11-22)25-13-26(25)29(37)34-27-12-23(6-7-31-27)32-14-24-16-35-15-20(18-4-5-18)10-21(28(35)33-24)17-38-9-8-36/h1-3,6-8,10-12,15-16,18,25-26H,4-5,9,13-14,17H2,(H2,31,32,34,37)/t25-,26+/m1/s1. The maximum Gasteiger partial charge on any atom is 0.229 e. The van der Waals surface area contributed by atoms with Crippen molar-refractivity contribution < 1.29 is 14.3 Å². The fourth-order valence-electron chi connectivity index (χ4n) is 4.90. The third-order valence-corrected chi connectivity index (χ3v) is 7.31. The topological polar surface area (TPSA) is 97.6 Å². The number of imidazole rings is 1. The van der Waals surface area contributed by atoms with E-state index in [1.807, 2.05) is 42.6 Å². The maximum atomic E-state index is 12.8. The Kier molecular flexibility index (Phi) is 6.82. The lowest BCUT2D eigenvalue weighted by atomic mass is 10.1. The zero-order chi connectivity index (χ0) is 26.1. The minimum atomic E-state index is -0.0740. The fraction of sp³-hybridized carbons (Fsp3) is 0.310. The molecular weight excluding hydrogens is 502 g/mol. The molecule has 0 aliphatic heterocycles. The van der Waals surface area contributed by atoms with Crippen molar-refractivity contribution in [1.82, 2.24) is 14.4 Å². The Morgan fingerprint density at radius 3 is 2.87 bits per heavy atom. The van der Waals surface area contributed by atoms with Gasteiger partial charge in [0.1, 0.15) is 24.4 Å². The van der Waals surface area contributed by atoms with Gasteiger partial charge < -0.3 is 24.6 Å². The van der Waals surface area contributed by atoms with Gasteiger partial charge in [0.15, 0.2) is 0 Å². The summed E-state index contributed by atoms with van der Waals surface area (Å²) in [5, 5.41) is 7.02. The van der Waals surface area contributed by atoms with Crippen molar-refractivity contribution in [3.05, 3.63) is 88.5 Å². The number of amides is 1. The minimum absolute atomic E-state index is 0.0317. The maximum absolute atomic E-state index is 12.8. The van der Waals surface area contributed by atoms with E-state index < -0.39 is 0 Å². The molecule has 2 aliphatic rings. The van der Waals surface area contributed by atoms with Gasteiger partial charge in [-0.15, -0.1) is 0 Å². The second-order valence-corrected chi connectivity index (χ2v) is 10.4. The van der Waals surface area contributed by atoms with Gasteiger partial charge in [-0.2, -0.15) is 0 Å². The van der Waals surface area contributed by atoms with Crippen LogP contribution in [0.15, 0.2) is 61.1 Å². The molecule has 0 radical (unpaired) electrons. The van der Waals surface area contributed by atoms with Crippen LogP contribution in [0, 0.1) is 5.92 Å². The number of halogens is 1. The lowest BCUT2D eigenvalue weighted by Gasteiger charge is -2.08. The first kappa shape index (κ1) is 24.6. The van der Waals surface area contributed by atoms with E-state index in [9.17, 15) is 9.59 Å². The number of nitrogens with zero attached hydrogens (tertiary/aromatic N) is 3. The van der Waals surface area contributed by atoms with Gasteiger partial charge in [0.05, 0.1) is 18.8 Å². The zero-order valence-corrected chi connectivity index (χ0v) is 21.5. The van der Waals surface area contributed by atoms with Crippen molar-refractivity contribution in [1.29, 1.82) is 0 Å². The Bertz CT molecular complexity index is 1500. The van der Waals surface area contributed by atoms with Gasteiger partial charge in [-0.05, 0) is 66.5 Å². The van der Waals surface area contributed by atoms with Crippen molar-refractivity contribution in [2.75, 3.05) is 17.2 Å². The molecule has 4 aromatic rings. The first-order chi connectivity index (χ1) is 18.6. The predicted octanol–water partition coefficient (Wildman–Crippen LogP) is 5.33. The molecule has 0 spiro atoms. The van der Waals surface area contributed by atoms with Crippen molar-refractivity contribution in [2.24, 2.45) is 5.92 Å². The molecule has 2 atom stereocenters. The van der Waals surface area contributed by atoms with Crippen LogP contribution in [0.3, 0.4) is 0 Å². The van der Waals surface area contributed by atoms with Gasteiger partial charge in [0.2, 0.25) is 5.91 Å². The predicted molar refractivity (Wildman–Crippen MR) is 145 cm³/mol. The van der Waals surface area contributed by atoms with Crippen LogP contribution in [-0.4, -0.2) is 33.2 Å². The van der Waals surface area contributed by atoms with Crippen LogP contribution in [0.25, 0.3) is 5.65 Å². The van der Waals surface area contributed by atoms with E-state index >= 15 is 0 Å². The van der Waals surface area contributed by atoms with Crippen LogP contribution < -0.4 is 10.6 Å². The summed E-state index contributed by atoms with van der Waals surface area (Å²) in [6.45, 7) is 0.920. The number of ether oxygens (including phenoxy) is 1. The van der Waals surface area contributed by atoms with Crippen LogP contribution >= 0.6 is 11.6 Å². The van der Waals surface area contributed by atoms with Crippen LogP contribution in [-0.2, 0) is 27.5 Å². The highest BCUT2D eigenvalue weighted by molar-refractivity contribution is 6.30. The molecule has 1 amide bonds. The number of benzene rings is 1. The van der Waals surface area contributed by atoms with Crippen LogP contribution in [0.2, 0.25) is 5.02 Å². The monoisotopic (exact) mass is 529 g/mol. The van der Waals surface area contributed by atoms with E-state index in [-0.39, 0.29) is 24.3 Å². The summed E-state index contributed by atoms with van der Waals surface area (Å²) in [6.07, 6.45) is 9.80. The highest BCUT2D eigenvalue weighted by Crippen LogP contribution is 2.48. The number of aromatic nitrogens is 3. The summed E-state index contributed by atoms with van der Waals surface area (Å²) in [6, 6.07) is 13.5. The smallest absolute Gasteiger partial charge is 0.229 e. The molecule has 2 N–H and O–H groups in total. The second kappa shape index (κ2) is 10.6. The first-order valence-corrected chi connectivity index (χ1v) is 13.2. The molecule has 6 rings (SSSR count). The van der Waals surface area contributed by atoms with E-state index in [1.165, 1.54) is 18.4 Å². The Labute approximate surface area is 225 Å². The molecule has 0 unspecified atom stereocenters. The number of anilines is 2. The molecule has 2 saturated carbocycles. The largest absolute Gasteiger partial charge is 0.379 e. The number of carbonyl (C=O) groups is 2. The summed E-state index contributed by atoms with van der Waals surface area (Å²) >= 11 is 6.10. The van der Waals surface area contributed by atoms with Crippen molar-refractivity contribution in [3.8, 4) is 0 Å². The number of carbonyl (C=O) groups excluding carboxylic acids is 2. The number of nitrogens with one attached hydrogen (secondary N) is 2. The fourth-order valence-corrected chi connectivity index (χ4v) is 5.10. The van der Waals surface area contributed by atoms with Crippen molar-refractivity contribution >= 4 is 40.9 Å². The number of hydrogen-bond donors (Lipinski definition) is 2. The van der Waals surface area contributed by atoms with Crippen LogP contribution in [0.5, 0.6) is 0 Å². The lowest BCUT2D eigenvalue weighted by Crippen LogP contribution is -2.15. The first-order valence-electron chi connectivity index (χ1n) is 12.9.